The third kappa shape index (κ3) is 4.61. The summed E-state index contributed by atoms with van der Waals surface area (Å²) in [6.07, 6.45) is 3.78. The van der Waals surface area contributed by atoms with Crippen LogP contribution in [0.4, 0.5) is 0 Å². The second-order valence-electron chi connectivity index (χ2n) is 5.91. The molecule has 23 heavy (non-hydrogen) atoms. The summed E-state index contributed by atoms with van der Waals surface area (Å²) in [4.78, 5) is 17.0. The van der Waals surface area contributed by atoms with Crippen LogP contribution in [0.15, 0.2) is 18.2 Å². The molecular weight excluding hydrogens is 292 g/mol. The van der Waals surface area contributed by atoms with E-state index in [1.807, 2.05) is 4.90 Å². The van der Waals surface area contributed by atoms with Crippen molar-refractivity contribution in [1.82, 2.24) is 9.80 Å². The molecule has 0 unspecified atom stereocenters. The Labute approximate surface area is 139 Å². The largest absolute Gasteiger partial charge is 0.493 e. The van der Waals surface area contributed by atoms with Crippen molar-refractivity contribution >= 4 is 5.91 Å². The number of rotatable bonds is 7. The van der Waals surface area contributed by atoms with Gasteiger partial charge in [-0.2, -0.15) is 0 Å². The maximum absolute atomic E-state index is 12.6. The number of hydrogen-bond acceptors (Lipinski definition) is 4. The van der Waals surface area contributed by atoms with Crippen LogP contribution in [0.25, 0.3) is 0 Å². The molecule has 1 fully saturated rings. The molecular formula is C18H28N2O3. The summed E-state index contributed by atoms with van der Waals surface area (Å²) < 4.78 is 10.5. The predicted octanol–water partition coefficient (Wildman–Crippen LogP) is 2.65. The molecule has 5 heteroatoms. The Balaban J connectivity index is 1.92. The van der Waals surface area contributed by atoms with Gasteiger partial charge in [0, 0.05) is 31.7 Å². The SMILES string of the molecule is CCCCCN1CCN(C(=O)c2ccc(OC)c(OC)c2)CC1. The first-order valence-electron chi connectivity index (χ1n) is 8.43. The van der Waals surface area contributed by atoms with Gasteiger partial charge in [-0.05, 0) is 31.2 Å². The fourth-order valence-electron chi connectivity index (χ4n) is 2.91. The van der Waals surface area contributed by atoms with E-state index in [-0.39, 0.29) is 5.91 Å². The maximum atomic E-state index is 12.6. The Morgan fingerprint density at radius 3 is 2.35 bits per heavy atom. The molecule has 1 aromatic carbocycles. The maximum Gasteiger partial charge on any atom is 0.254 e. The van der Waals surface area contributed by atoms with E-state index in [2.05, 4.69) is 11.8 Å². The lowest BCUT2D eigenvalue weighted by atomic mass is 10.1. The zero-order valence-electron chi connectivity index (χ0n) is 14.5. The van der Waals surface area contributed by atoms with Gasteiger partial charge in [-0.15, -0.1) is 0 Å². The van der Waals surface area contributed by atoms with Gasteiger partial charge in [-0.25, -0.2) is 0 Å². The van der Waals surface area contributed by atoms with Gasteiger partial charge < -0.3 is 14.4 Å². The molecule has 1 aliphatic heterocycles. The summed E-state index contributed by atoms with van der Waals surface area (Å²) in [5.41, 5.74) is 0.655. The number of ether oxygens (including phenoxy) is 2. The number of amides is 1. The van der Waals surface area contributed by atoms with Gasteiger partial charge >= 0.3 is 0 Å². The number of unbranched alkanes of at least 4 members (excludes halogenated alkanes) is 2. The van der Waals surface area contributed by atoms with Crippen molar-refractivity contribution in [1.29, 1.82) is 0 Å². The fraction of sp³-hybridized carbons (Fsp3) is 0.611. The fourth-order valence-corrected chi connectivity index (χ4v) is 2.91. The molecule has 0 aliphatic carbocycles. The highest BCUT2D eigenvalue weighted by Gasteiger charge is 2.22. The minimum Gasteiger partial charge on any atom is -0.493 e. The molecule has 0 bridgehead atoms. The van der Waals surface area contributed by atoms with Gasteiger partial charge in [0.2, 0.25) is 0 Å². The van der Waals surface area contributed by atoms with Crippen LogP contribution in [-0.4, -0.2) is 62.7 Å². The average Bonchev–Trinajstić information content (AvgIpc) is 2.61. The summed E-state index contributed by atoms with van der Waals surface area (Å²) in [6, 6.07) is 5.35. The summed E-state index contributed by atoms with van der Waals surface area (Å²) in [5, 5.41) is 0. The lowest BCUT2D eigenvalue weighted by Gasteiger charge is -2.34. The molecule has 0 radical (unpaired) electrons. The molecule has 1 aliphatic rings. The smallest absolute Gasteiger partial charge is 0.254 e. The Morgan fingerprint density at radius 2 is 1.74 bits per heavy atom. The lowest BCUT2D eigenvalue weighted by molar-refractivity contribution is 0.0635. The molecule has 1 heterocycles. The summed E-state index contributed by atoms with van der Waals surface area (Å²) in [6.45, 7) is 6.87. The number of hydrogen-bond donors (Lipinski definition) is 0. The molecule has 0 N–H and O–H groups in total. The van der Waals surface area contributed by atoms with E-state index in [9.17, 15) is 4.79 Å². The van der Waals surface area contributed by atoms with E-state index in [0.717, 1.165) is 32.7 Å². The summed E-state index contributed by atoms with van der Waals surface area (Å²) >= 11 is 0. The molecule has 1 saturated heterocycles. The lowest BCUT2D eigenvalue weighted by Crippen LogP contribution is -2.48. The van der Waals surface area contributed by atoms with Crippen molar-refractivity contribution in [3.05, 3.63) is 23.8 Å². The first kappa shape index (κ1) is 17.6. The zero-order chi connectivity index (χ0) is 16.7. The first-order chi connectivity index (χ1) is 11.2. The van der Waals surface area contributed by atoms with Gasteiger partial charge in [0.25, 0.3) is 5.91 Å². The first-order valence-corrected chi connectivity index (χ1v) is 8.43. The van der Waals surface area contributed by atoms with E-state index in [1.165, 1.54) is 19.3 Å². The summed E-state index contributed by atoms with van der Waals surface area (Å²) in [5.74, 6) is 1.31. The molecule has 0 atom stereocenters. The number of methoxy groups -OCH3 is 2. The third-order valence-corrected chi connectivity index (χ3v) is 4.37. The second-order valence-corrected chi connectivity index (χ2v) is 5.91. The van der Waals surface area contributed by atoms with Crippen LogP contribution in [0.5, 0.6) is 11.5 Å². The van der Waals surface area contributed by atoms with Gasteiger partial charge in [-0.3, -0.25) is 9.69 Å². The van der Waals surface area contributed by atoms with Crippen LogP contribution in [0, 0.1) is 0 Å². The molecule has 0 spiro atoms. The Morgan fingerprint density at radius 1 is 1.04 bits per heavy atom. The van der Waals surface area contributed by atoms with Crippen molar-refractivity contribution in [3.8, 4) is 11.5 Å². The highest BCUT2D eigenvalue weighted by molar-refractivity contribution is 5.95. The van der Waals surface area contributed by atoms with Crippen molar-refractivity contribution in [2.24, 2.45) is 0 Å². The van der Waals surface area contributed by atoms with Crippen LogP contribution in [0.3, 0.4) is 0 Å². The summed E-state index contributed by atoms with van der Waals surface area (Å²) in [7, 11) is 3.18. The highest BCUT2D eigenvalue weighted by Crippen LogP contribution is 2.28. The monoisotopic (exact) mass is 320 g/mol. The average molecular weight is 320 g/mol. The zero-order valence-corrected chi connectivity index (χ0v) is 14.5. The van der Waals surface area contributed by atoms with E-state index in [4.69, 9.17) is 9.47 Å². The quantitative estimate of drug-likeness (QED) is 0.724. The van der Waals surface area contributed by atoms with Crippen LogP contribution in [0.1, 0.15) is 36.5 Å². The van der Waals surface area contributed by atoms with Crippen molar-refractivity contribution in [2.45, 2.75) is 26.2 Å². The predicted molar refractivity (Wildman–Crippen MR) is 91.4 cm³/mol. The Hall–Kier alpha value is -1.75. The number of benzene rings is 1. The van der Waals surface area contributed by atoms with E-state index in [1.54, 1.807) is 32.4 Å². The molecule has 1 aromatic rings. The number of carbonyl (C=O) groups is 1. The standard InChI is InChI=1S/C18H28N2O3/c1-4-5-6-9-19-10-12-20(13-11-19)18(21)15-7-8-16(22-2)17(14-15)23-3/h7-8,14H,4-6,9-13H2,1-3H3. The van der Waals surface area contributed by atoms with Gasteiger partial charge in [-0.1, -0.05) is 19.8 Å². The van der Waals surface area contributed by atoms with Gasteiger partial charge in [0.15, 0.2) is 11.5 Å². The van der Waals surface area contributed by atoms with Crippen molar-refractivity contribution < 1.29 is 14.3 Å². The Kier molecular flexibility index (Phi) is 6.71. The number of carbonyl (C=O) groups excluding carboxylic acids is 1. The topological polar surface area (TPSA) is 42.0 Å². The van der Waals surface area contributed by atoms with Crippen molar-refractivity contribution in [2.75, 3.05) is 46.9 Å². The van der Waals surface area contributed by atoms with E-state index < -0.39 is 0 Å². The molecule has 5 nitrogen and oxygen atoms in total. The molecule has 128 valence electrons. The van der Waals surface area contributed by atoms with Gasteiger partial charge in [0.1, 0.15) is 0 Å². The highest BCUT2D eigenvalue weighted by atomic mass is 16.5. The van der Waals surface area contributed by atoms with E-state index in [0.29, 0.717) is 17.1 Å². The van der Waals surface area contributed by atoms with Crippen molar-refractivity contribution in [3.63, 3.8) is 0 Å². The minimum absolute atomic E-state index is 0.0687. The number of nitrogens with zero attached hydrogens (tertiary/aromatic N) is 2. The van der Waals surface area contributed by atoms with Crippen LogP contribution in [0.2, 0.25) is 0 Å². The Bertz CT molecular complexity index is 511. The minimum atomic E-state index is 0.0687. The third-order valence-electron chi connectivity index (χ3n) is 4.37. The van der Waals surface area contributed by atoms with Crippen LogP contribution >= 0.6 is 0 Å². The van der Waals surface area contributed by atoms with Crippen LogP contribution < -0.4 is 9.47 Å². The normalized spacial score (nSPS) is 15.5. The number of piperazine rings is 1. The molecule has 0 aromatic heterocycles. The van der Waals surface area contributed by atoms with E-state index >= 15 is 0 Å². The van der Waals surface area contributed by atoms with Gasteiger partial charge in [0.05, 0.1) is 14.2 Å². The molecule has 2 rings (SSSR count). The second kappa shape index (κ2) is 8.77. The van der Waals surface area contributed by atoms with Crippen LogP contribution in [-0.2, 0) is 0 Å². The molecule has 0 saturated carbocycles. The molecule has 1 amide bonds.